The summed E-state index contributed by atoms with van der Waals surface area (Å²) >= 11 is 0. The van der Waals surface area contributed by atoms with E-state index in [-0.39, 0.29) is 47.8 Å². The lowest BCUT2D eigenvalue weighted by Gasteiger charge is -2.41. The maximum Gasteiger partial charge on any atom is 0.405 e. The van der Waals surface area contributed by atoms with Crippen LogP contribution in [0.3, 0.4) is 0 Å². The van der Waals surface area contributed by atoms with Gasteiger partial charge in [-0.15, -0.1) is 0 Å². The van der Waals surface area contributed by atoms with Gasteiger partial charge in [0.15, 0.2) is 64.0 Å². The lowest BCUT2D eigenvalue weighted by Crippen LogP contribution is -2.57. The third-order valence-corrected chi connectivity index (χ3v) is 22.2. The summed E-state index contributed by atoms with van der Waals surface area (Å²) in [5.41, 5.74) is 5.31. The Kier molecular flexibility index (Phi) is 30.0. The summed E-state index contributed by atoms with van der Waals surface area (Å²) < 4.78 is 257. The molecule has 11 N–H and O–H groups in total. The van der Waals surface area contributed by atoms with Crippen LogP contribution in [0.1, 0.15) is 52.4 Å². The first-order valence-corrected chi connectivity index (χ1v) is 42.8. The predicted octanol–water partition coefficient (Wildman–Crippen LogP) is 10.8. The van der Waals surface area contributed by atoms with E-state index in [1.165, 1.54) is 76.5 Å². The molecule has 144 heavy (non-hydrogen) atoms. The number of aromatic nitrogens is 25. The van der Waals surface area contributed by atoms with Crippen molar-refractivity contribution in [3.63, 3.8) is 0 Å². The molecule has 0 unspecified atom stereocenters. The van der Waals surface area contributed by atoms with Gasteiger partial charge in [0.05, 0.1) is 67.8 Å². The van der Waals surface area contributed by atoms with E-state index in [0.29, 0.717) is 110 Å². The molecule has 0 bridgehead atoms. The monoisotopic (exact) mass is 2030 g/mol. The Bertz CT molecular complexity index is 6910. The summed E-state index contributed by atoms with van der Waals surface area (Å²) in [6, 6.07) is -4.01. The molecular formula is C84H75F20N35O5. The zero-order valence-electron chi connectivity index (χ0n) is 74.1. The second-order valence-corrected chi connectivity index (χ2v) is 32.7. The van der Waals surface area contributed by atoms with Crippen LogP contribution < -0.4 is 51.5 Å². The fourth-order valence-electron chi connectivity index (χ4n) is 15.4. The number of aromatic amines is 5. The highest BCUT2D eigenvalue weighted by Gasteiger charge is 2.45. The lowest BCUT2D eigenvalue weighted by atomic mass is 10.0. The van der Waals surface area contributed by atoms with Gasteiger partial charge in [-0.05, 0) is 39.5 Å². The molecule has 60 heteroatoms. The van der Waals surface area contributed by atoms with Gasteiger partial charge in [0.25, 0.3) is 0 Å². The van der Waals surface area contributed by atoms with Crippen molar-refractivity contribution in [2.24, 2.45) is 0 Å². The van der Waals surface area contributed by atoms with E-state index in [1.807, 2.05) is 10.6 Å². The topological polar surface area (TPSA) is 507 Å². The molecule has 19 heterocycles. The highest BCUT2D eigenvalue weighted by Crippen LogP contribution is 2.38. The fourth-order valence-corrected chi connectivity index (χ4v) is 15.4. The number of fused-ring (bicyclic) bond motifs is 5. The van der Waals surface area contributed by atoms with Crippen LogP contribution in [0.5, 0.6) is 0 Å². The van der Waals surface area contributed by atoms with Crippen molar-refractivity contribution in [1.82, 2.24) is 151 Å². The van der Waals surface area contributed by atoms with Crippen LogP contribution >= 0.6 is 0 Å². The molecule has 756 valence electrons. The van der Waals surface area contributed by atoms with Gasteiger partial charge in [-0.1, -0.05) is 0 Å². The summed E-state index contributed by atoms with van der Waals surface area (Å²) in [4.78, 5) is 162. The number of piperidine rings is 1. The van der Waals surface area contributed by atoms with Crippen molar-refractivity contribution < 1.29 is 112 Å². The third kappa shape index (κ3) is 24.9. The van der Waals surface area contributed by atoms with Gasteiger partial charge in [0, 0.05) is 143 Å². The number of rotatable bonds is 21. The number of carbonyl (C=O) groups excluding carboxylic acids is 5. The number of alkyl halides is 17. The normalized spacial score (nSPS) is 17.2. The van der Waals surface area contributed by atoms with E-state index < -0.39 is 166 Å². The zero-order valence-corrected chi connectivity index (χ0v) is 74.1. The van der Waals surface area contributed by atoms with Crippen molar-refractivity contribution in [2.45, 2.75) is 125 Å². The van der Waals surface area contributed by atoms with Crippen molar-refractivity contribution in [3.8, 4) is 56.9 Å². The summed E-state index contributed by atoms with van der Waals surface area (Å²) in [6.07, 6.45) is 7.75. The van der Waals surface area contributed by atoms with Crippen molar-refractivity contribution in [3.05, 3.63) is 154 Å². The Balaban J connectivity index is 0.000000136. The van der Waals surface area contributed by atoms with Gasteiger partial charge in [0.2, 0.25) is 29.5 Å². The second kappa shape index (κ2) is 42.5. The fraction of sp³-hybridized carbons (Fsp3) is 0.345. The first-order chi connectivity index (χ1) is 68.4. The van der Waals surface area contributed by atoms with E-state index in [1.54, 1.807) is 81.5 Å². The minimum atomic E-state index is -4.63. The quantitative estimate of drug-likeness (QED) is 0.0298. The van der Waals surface area contributed by atoms with Gasteiger partial charge >= 0.3 is 30.9 Å². The second-order valence-electron chi connectivity index (χ2n) is 32.7. The van der Waals surface area contributed by atoms with Crippen molar-refractivity contribution >= 4 is 114 Å². The molecule has 4 aliphatic heterocycles. The number of anilines is 5. The first kappa shape index (κ1) is 102. The SMILES string of the molecule is CC(C)(Nc1nc(-c2c[nH]c3ncncc23)ncc1F)C(=O)NCC(F)(F)F.O=C(NCC(F)(F)F)[C@@H]1CCN1c1cnc(-c2c[nH]c3ncncc23)nc1.O=C(NCC(F)(F)F)[C@@H]1C[C@@H](F)CN1c1nc(-c2c[nH]c3ncncc23)ncc1F.O=C(NCC(F)(F)F)[C@@H]1C[C@H](F)CN1c1nc(-c2c[nH]c3ncncc23)ncc1F.O=C(NCC(F)(F)F)[C@H]1CCCCN1c1cnc(-c2c[nH]c3ncncc23)nc1. The Morgan fingerprint density at radius 1 is 0.340 bits per heavy atom. The van der Waals surface area contributed by atoms with Crippen LogP contribution in [-0.4, -0.2) is 286 Å². The van der Waals surface area contributed by atoms with Crippen LogP contribution in [0.25, 0.3) is 112 Å². The Morgan fingerprint density at radius 2 is 0.632 bits per heavy atom. The molecule has 5 amide bonds. The van der Waals surface area contributed by atoms with Gasteiger partial charge < -0.3 is 76.4 Å². The lowest BCUT2D eigenvalue weighted by molar-refractivity contribution is -0.140. The van der Waals surface area contributed by atoms with Gasteiger partial charge in [0.1, 0.15) is 135 Å². The maximum atomic E-state index is 14.5. The van der Waals surface area contributed by atoms with Gasteiger partial charge in [-0.2, -0.15) is 65.9 Å². The van der Waals surface area contributed by atoms with Crippen LogP contribution in [0, 0.1) is 17.5 Å². The van der Waals surface area contributed by atoms with Crippen LogP contribution in [0.15, 0.2) is 137 Å². The molecule has 0 aliphatic carbocycles. The summed E-state index contributed by atoms with van der Waals surface area (Å²) in [5.74, 6) is -7.04. The van der Waals surface area contributed by atoms with E-state index in [2.05, 4.69) is 130 Å². The molecule has 40 nitrogen and oxygen atoms in total. The molecule has 4 aliphatic rings. The largest absolute Gasteiger partial charge is 0.405 e. The highest BCUT2D eigenvalue weighted by molar-refractivity contribution is 5.96. The molecule has 0 saturated carbocycles. The number of H-pyrrole nitrogens is 5. The van der Waals surface area contributed by atoms with Crippen molar-refractivity contribution in [2.75, 3.05) is 83.8 Å². The van der Waals surface area contributed by atoms with Gasteiger partial charge in [-0.25, -0.2) is 122 Å². The molecule has 6 atom stereocenters. The Hall–Kier alpha value is -16.6. The number of halogens is 20. The third-order valence-electron chi connectivity index (χ3n) is 22.2. The maximum absolute atomic E-state index is 14.5. The molecular weight excluding hydrogens is 1960 g/mol. The standard InChI is InChI=1S/C18H18F3N7O.2C17H14F5N7O.C16H15F4N7O.C16H14F3N7O/c19-18(20,21)9-26-17(29)14-3-1-2-4-28(14)11-5-23-15(24-6-11)13-8-25-16-12(13)7-22-10-27-16;2*18-8-1-12(16(30)26-6-17(20,21)22)29(5-8)15-11(19)4-25-14(28-15)10-3-24-13-9(10)2-23-7-27-13;1-15(2,14(28)24-6-16(18,19)20)27-13-10(17)5-23-12(26-13)9-4-22-11-8(9)3-21-7-25-11;17-16(18,19)7-24-15(27)12-1-2-26(12)9-3-21-13(22-4-9)11-6-23-14-10(11)5-20-8-25-14/h5-8,10,14H,1-4,9H2,(H,26,29)(H,22,25,27);2*2-4,7-8,12H,1,5-6H2,(H,26,30)(H,23,24,27);3-5,7H,6H2,1-2H3,(H,24,28)(H,21,22,25)(H,23,26,27);3-6,8,12H,1-2,7H2,(H,24,27)(H,20,23,25)/t14-;8-,12+;8-,12-;;12-/m110.0/s1. The van der Waals surface area contributed by atoms with E-state index >= 15 is 0 Å². The average molecular weight is 2030 g/mol. The number of nitrogens with zero attached hydrogens (tertiary/aromatic N) is 24. The molecule has 4 saturated heterocycles. The average Bonchev–Trinajstić information content (AvgIpc) is 1.62. The molecule has 4 fully saturated rings. The Labute approximate surface area is 794 Å². The Morgan fingerprint density at radius 3 is 0.958 bits per heavy atom. The molecule has 0 radical (unpaired) electrons. The number of hydrogen-bond acceptors (Lipinski definition) is 30. The van der Waals surface area contributed by atoms with Crippen LogP contribution in [0.4, 0.5) is 117 Å². The molecule has 0 spiro atoms. The van der Waals surface area contributed by atoms with Gasteiger partial charge in [-0.3, -0.25) is 24.0 Å². The van der Waals surface area contributed by atoms with Crippen LogP contribution in [0.2, 0.25) is 0 Å². The van der Waals surface area contributed by atoms with Crippen molar-refractivity contribution in [1.29, 1.82) is 0 Å². The highest BCUT2D eigenvalue weighted by atomic mass is 19.4. The number of carbonyl (C=O) groups is 5. The van der Waals surface area contributed by atoms with E-state index in [0.717, 1.165) is 63.1 Å². The minimum Gasteiger partial charge on any atom is -0.357 e. The summed E-state index contributed by atoms with van der Waals surface area (Å²) in [5, 5.41) is 14.9. The summed E-state index contributed by atoms with van der Waals surface area (Å²) in [7, 11) is 0. The smallest absolute Gasteiger partial charge is 0.357 e. The predicted molar refractivity (Wildman–Crippen MR) is 470 cm³/mol. The molecule has 19 rings (SSSR count). The molecule has 15 aromatic heterocycles. The number of hydrogen-bond donors (Lipinski definition) is 11. The summed E-state index contributed by atoms with van der Waals surface area (Å²) in [6.45, 7) is -4.39. The minimum absolute atomic E-state index is 0.0595. The molecule has 0 aromatic carbocycles. The first-order valence-electron chi connectivity index (χ1n) is 42.8. The van der Waals surface area contributed by atoms with Crippen LogP contribution in [-0.2, 0) is 24.0 Å². The number of amides is 5. The zero-order chi connectivity index (χ0) is 103. The van der Waals surface area contributed by atoms with E-state index in [4.69, 9.17) is 0 Å². The molecule has 15 aromatic rings. The number of nitrogens with one attached hydrogen (secondary N) is 11. The van der Waals surface area contributed by atoms with E-state index in [9.17, 15) is 112 Å².